The molecule has 2 amide bonds. The molecule has 6 heteroatoms. The second-order valence-electron chi connectivity index (χ2n) is 7.38. The number of hydrogen-bond acceptors (Lipinski definition) is 4. The maximum atomic E-state index is 13.3. The Kier molecular flexibility index (Phi) is 7.39. The highest BCUT2D eigenvalue weighted by molar-refractivity contribution is 7.99. The summed E-state index contributed by atoms with van der Waals surface area (Å²) in [6.07, 6.45) is 1.69. The third-order valence-electron chi connectivity index (χ3n) is 5.05. The Hall–Kier alpha value is -4.34. The number of benzene rings is 4. The number of nitrogens with zero attached hydrogens (tertiary/aromatic N) is 1. The number of nitriles is 1. The van der Waals surface area contributed by atoms with Gasteiger partial charge in [-0.1, -0.05) is 66.7 Å². The van der Waals surface area contributed by atoms with E-state index in [-0.39, 0.29) is 11.6 Å². The molecule has 5 nitrogen and oxygen atoms in total. The first-order valence-corrected chi connectivity index (χ1v) is 11.6. The van der Waals surface area contributed by atoms with Crippen LogP contribution in [0.2, 0.25) is 0 Å². The molecular formula is C28H21N3O2S. The molecule has 0 bridgehead atoms. The molecule has 0 aliphatic carbocycles. The summed E-state index contributed by atoms with van der Waals surface area (Å²) in [7, 11) is 0. The van der Waals surface area contributed by atoms with Gasteiger partial charge < -0.3 is 10.6 Å². The fraction of sp³-hybridized carbons (Fsp3) is 0.0357. The van der Waals surface area contributed by atoms with Crippen molar-refractivity contribution in [2.45, 2.75) is 4.90 Å². The Morgan fingerprint density at radius 1 is 0.882 bits per heavy atom. The number of thioether (sulfide) groups is 1. The van der Waals surface area contributed by atoms with Gasteiger partial charge in [0.15, 0.2) is 0 Å². The van der Waals surface area contributed by atoms with Crippen LogP contribution in [0, 0.1) is 11.3 Å². The second kappa shape index (κ2) is 11.0. The summed E-state index contributed by atoms with van der Waals surface area (Å²) in [6.45, 7) is 0. The topological polar surface area (TPSA) is 82.0 Å². The van der Waals surface area contributed by atoms with Crippen molar-refractivity contribution in [1.82, 2.24) is 5.32 Å². The van der Waals surface area contributed by atoms with Crippen molar-refractivity contribution in [3.63, 3.8) is 0 Å². The molecule has 2 N–H and O–H groups in total. The summed E-state index contributed by atoms with van der Waals surface area (Å²) >= 11 is 1.39. The zero-order chi connectivity index (χ0) is 23.8. The smallest absolute Gasteiger partial charge is 0.272 e. The number of nitrogens with one attached hydrogen (secondary N) is 2. The van der Waals surface area contributed by atoms with Gasteiger partial charge in [-0.25, -0.2) is 0 Å². The molecule has 0 heterocycles. The summed E-state index contributed by atoms with van der Waals surface area (Å²) in [5.74, 6) is -0.503. The van der Waals surface area contributed by atoms with Crippen molar-refractivity contribution >= 4 is 46.1 Å². The van der Waals surface area contributed by atoms with Crippen LogP contribution in [0.5, 0.6) is 0 Å². The average molecular weight is 464 g/mol. The summed E-state index contributed by atoms with van der Waals surface area (Å²) in [5, 5.41) is 16.5. The highest BCUT2D eigenvalue weighted by Crippen LogP contribution is 2.23. The first kappa shape index (κ1) is 22.8. The van der Waals surface area contributed by atoms with E-state index in [1.807, 2.05) is 60.7 Å². The molecule has 0 radical (unpaired) electrons. The molecule has 0 aliphatic rings. The van der Waals surface area contributed by atoms with Crippen LogP contribution in [-0.2, 0) is 4.79 Å². The van der Waals surface area contributed by atoms with E-state index >= 15 is 0 Å². The summed E-state index contributed by atoms with van der Waals surface area (Å²) in [5.41, 5.74) is 1.97. The molecule has 0 spiro atoms. The van der Waals surface area contributed by atoms with Crippen LogP contribution in [0.3, 0.4) is 0 Å². The molecular weight excluding hydrogens is 442 g/mol. The van der Waals surface area contributed by atoms with E-state index in [1.165, 1.54) is 11.8 Å². The lowest BCUT2D eigenvalue weighted by Gasteiger charge is -2.13. The van der Waals surface area contributed by atoms with Crippen LogP contribution in [0.15, 0.2) is 108 Å². The third kappa shape index (κ3) is 5.71. The quantitative estimate of drug-likeness (QED) is 0.265. The number of fused-ring (bicyclic) bond motifs is 1. The Labute approximate surface area is 202 Å². The van der Waals surface area contributed by atoms with Crippen molar-refractivity contribution in [1.29, 1.82) is 5.26 Å². The highest BCUT2D eigenvalue weighted by Gasteiger charge is 2.16. The molecule has 0 aromatic heterocycles. The molecule has 166 valence electrons. The van der Waals surface area contributed by atoms with Crippen LogP contribution in [0.25, 0.3) is 16.8 Å². The molecule has 4 rings (SSSR count). The summed E-state index contributed by atoms with van der Waals surface area (Å²) in [6, 6.07) is 31.8. The molecule has 0 fully saturated rings. The zero-order valence-corrected chi connectivity index (χ0v) is 19.0. The van der Waals surface area contributed by atoms with E-state index < -0.39 is 5.91 Å². The first-order valence-electron chi connectivity index (χ1n) is 10.6. The standard InChI is InChI=1S/C28H21N3O2S/c29-16-17-34-24-14-7-13-23(19-24)30-28(33)26(31-27(32)21-9-2-1-3-10-21)18-22-12-6-11-20-8-4-5-15-25(20)22/h1-15,18-19H,17H2,(H,30,33)(H,31,32)/b26-18-. The minimum atomic E-state index is -0.445. The van der Waals surface area contributed by atoms with Gasteiger partial charge in [-0.3, -0.25) is 9.59 Å². The van der Waals surface area contributed by atoms with Crippen LogP contribution >= 0.6 is 11.8 Å². The van der Waals surface area contributed by atoms with Crippen LogP contribution in [0.4, 0.5) is 5.69 Å². The lowest BCUT2D eigenvalue weighted by atomic mass is 10.0. The predicted molar refractivity (Wildman–Crippen MR) is 137 cm³/mol. The Morgan fingerprint density at radius 2 is 1.62 bits per heavy atom. The monoisotopic (exact) mass is 463 g/mol. The number of anilines is 1. The molecule has 34 heavy (non-hydrogen) atoms. The van der Waals surface area contributed by atoms with Crippen LogP contribution in [0.1, 0.15) is 15.9 Å². The molecule has 0 saturated carbocycles. The van der Waals surface area contributed by atoms with Gasteiger partial charge in [0.05, 0.1) is 11.8 Å². The third-order valence-corrected chi connectivity index (χ3v) is 5.91. The second-order valence-corrected chi connectivity index (χ2v) is 8.42. The molecule has 4 aromatic rings. The maximum Gasteiger partial charge on any atom is 0.272 e. The Bertz CT molecular complexity index is 1400. The van der Waals surface area contributed by atoms with Gasteiger partial charge in [0.2, 0.25) is 0 Å². The fourth-order valence-corrected chi connectivity index (χ4v) is 4.07. The van der Waals surface area contributed by atoms with Crippen molar-refractivity contribution in [3.8, 4) is 6.07 Å². The largest absolute Gasteiger partial charge is 0.321 e. The zero-order valence-electron chi connectivity index (χ0n) is 18.2. The Morgan fingerprint density at radius 3 is 2.44 bits per heavy atom. The normalized spacial score (nSPS) is 11.0. The Balaban J connectivity index is 1.67. The molecule has 0 unspecified atom stereocenters. The number of carbonyl (C=O) groups is 2. The van der Waals surface area contributed by atoms with Gasteiger partial charge in [0.1, 0.15) is 5.70 Å². The van der Waals surface area contributed by atoms with Crippen LogP contribution in [-0.4, -0.2) is 17.6 Å². The lowest BCUT2D eigenvalue weighted by Crippen LogP contribution is -2.30. The van der Waals surface area contributed by atoms with Crippen molar-refractivity contribution in [2.75, 3.05) is 11.1 Å². The van der Waals surface area contributed by atoms with E-state index in [0.717, 1.165) is 21.2 Å². The van der Waals surface area contributed by atoms with Gasteiger partial charge in [-0.15, -0.1) is 11.8 Å². The van der Waals surface area contributed by atoms with Crippen LogP contribution < -0.4 is 10.6 Å². The van der Waals surface area contributed by atoms with Gasteiger partial charge >= 0.3 is 0 Å². The summed E-state index contributed by atoms with van der Waals surface area (Å²) < 4.78 is 0. The van der Waals surface area contributed by atoms with Gasteiger partial charge in [0.25, 0.3) is 11.8 Å². The van der Waals surface area contributed by atoms with E-state index in [4.69, 9.17) is 5.26 Å². The van der Waals surface area contributed by atoms with Crippen molar-refractivity contribution in [2.24, 2.45) is 0 Å². The first-order chi connectivity index (χ1) is 16.6. The van der Waals surface area contributed by atoms with E-state index in [1.54, 1.807) is 42.5 Å². The number of carbonyl (C=O) groups excluding carboxylic acids is 2. The van der Waals surface area contributed by atoms with E-state index in [0.29, 0.717) is 17.0 Å². The molecule has 0 saturated heterocycles. The highest BCUT2D eigenvalue weighted by atomic mass is 32.2. The van der Waals surface area contributed by atoms with Crippen molar-refractivity contribution in [3.05, 3.63) is 114 Å². The minimum absolute atomic E-state index is 0.125. The van der Waals surface area contributed by atoms with E-state index in [2.05, 4.69) is 16.7 Å². The fourth-order valence-electron chi connectivity index (χ4n) is 3.45. The number of rotatable bonds is 7. The average Bonchev–Trinajstić information content (AvgIpc) is 2.88. The molecule has 0 atom stereocenters. The molecule has 4 aromatic carbocycles. The van der Waals surface area contributed by atoms with Gasteiger partial charge in [0, 0.05) is 16.1 Å². The lowest BCUT2D eigenvalue weighted by molar-refractivity contribution is -0.113. The predicted octanol–water partition coefficient (Wildman–Crippen LogP) is 5.87. The number of amides is 2. The van der Waals surface area contributed by atoms with Crippen molar-refractivity contribution < 1.29 is 9.59 Å². The van der Waals surface area contributed by atoms with Gasteiger partial charge in [-0.05, 0) is 52.7 Å². The van der Waals surface area contributed by atoms with Gasteiger partial charge in [-0.2, -0.15) is 5.26 Å². The SMILES string of the molecule is N#CCSc1cccc(NC(=O)/C(=C/c2cccc3ccccc23)NC(=O)c2ccccc2)c1. The number of hydrogen-bond donors (Lipinski definition) is 2. The van der Waals surface area contributed by atoms with E-state index in [9.17, 15) is 9.59 Å². The molecule has 0 aliphatic heterocycles. The minimum Gasteiger partial charge on any atom is -0.321 e. The summed E-state index contributed by atoms with van der Waals surface area (Å²) in [4.78, 5) is 27.0. The maximum absolute atomic E-state index is 13.3.